The number of rotatable bonds is 8. The molecule has 0 aromatic heterocycles. The Bertz CT molecular complexity index is 274. The minimum atomic E-state index is -3.29. The van der Waals surface area contributed by atoms with Crippen molar-refractivity contribution < 1.29 is 13.2 Å². The Labute approximate surface area is 98.1 Å². The first kappa shape index (κ1) is 13.9. The standard InChI is InChI=1S/C10H22N2O3S/c1-15-9-5-4-8-11-16(13,14)12-10-6-2-3-7-10/h10-12H,2-9H2,1H3. The van der Waals surface area contributed by atoms with E-state index < -0.39 is 10.2 Å². The molecule has 5 nitrogen and oxygen atoms in total. The molecule has 0 radical (unpaired) electrons. The van der Waals surface area contributed by atoms with Crippen LogP contribution in [0.2, 0.25) is 0 Å². The molecule has 1 aliphatic carbocycles. The van der Waals surface area contributed by atoms with Crippen LogP contribution in [0.25, 0.3) is 0 Å². The van der Waals surface area contributed by atoms with E-state index in [9.17, 15) is 8.42 Å². The van der Waals surface area contributed by atoms with E-state index in [1.807, 2.05) is 0 Å². The molecule has 0 aromatic rings. The van der Waals surface area contributed by atoms with Crippen LogP contribution in [0.3, 0.4) is 0 Å². The summed E-state index contributed by atoms with van der Waals surface area (Å²) in [5.41, 5.74) is 0. The van der Waals surface area contributed by atoms with Gasteiger partial charge in [-0.1, -0.05) is 12.8 Å². The molecule has 0 spiro atoms. The van der Waals surface area contributed by atoms with Gasteiger partial charge in [0, 0.05) is 26.3 Å². The van der Waals surface area contributed by atoms with Crippen molar-refractivity contribution in [3.05, 3.63) is 0 Å². The van der Waals surface area contributed by atoms with E-state index in [0.29, 0.717) is 13.2 Å². The van der Waals surface area contributed by atoms with E-state index in [-0.39, 0.29) is 6.04 Å². The first-order valence-electron chi connectivity index (χ1n) is 5.90. The number of ether oxygens (including phenoxy) is 1. The summed E-state index contributed by atoms with van der Waals surface area (Å²) in [5, 5.41) is 0. The highest BCUT2D eigenvalue weighted by Crippen LogP contribution is 2.17. The average molecular weight is 250 g/mol. The minimum Gasteiger partial charge on any atom is -0.385 e. The Kier molecular flexibility index (Phi) is 6.26. The van der Waals surface area contributed by atoms with Crippen LogP contribution in [0.15, 0.2) is 0 Å². The SMILES string of the molecule is COCCCCNS(=O)(=O)NC1CCCC1. The number of hydrogen-bond acceptors (Lipinski definition) is 3. The fourth-order valence-electron chi connectivity index (χ4n) is 1.88. The zero-order valence-electron chi connectivity index (χ0n) is 9.87. The Morgan fingerprint density at radius 1 is 1.25 bits per heavy atom. The van der Waals surface area contributed by atoms with Gasteiger partial charge in [-0.05, 0) is 25.7 Å². The highest BCUT2D eigenvalue weighted by atomic mass is 32.2. The van der Waals surface area contributed by atoms with Gasteiger partial charge in [0.05, 0.1) is 0 Å². The van der Waals surface area contributed by atoms with Crippen molar-refractivity contribution in [3.63, 3.8) is 0 Å². The fourth-order valence-corrected chi connectivity index (χ4v) is 3.05. The lowest BCUT2D eigenvalue weighted by molar-refractivity contribution is 0.193. The third-order valence-corrected chi connectivity index (χ3v) is 3.97. The van der Waals surface area contributed by atoms with Crippen molar-refractivity contribution in [2.45, 2.75) is 44.6 Å². The van der Waals surface area contributed by atoms with Crippen LogP contribution < -0.4 is 9.44 Å². The third kappa shape index (κ3) is 5.79. The Balaban J connectivity index is 2.13. The second kappa shape index (κ2) is 7.21. The zero-order chi connectivity index (χ0) is 11.9. The van der Waals surface area contributed by atoms with Gasteiger partial charge in [-0.25, -0.2) is 4.72 Å². The first-order chi connectivity index (χ1) is 7.64. The van der Waals surface area contributed by atoms with E-state index in [2.05, 4.69) is 9.44 Å². The van der Waals surface area contributed by atoms with Crippen LogP contribution in [-0.4, -0.2) is 34.7 Å². The summed E-state index contributed by atoms with van der Waals surface area (Å²) in [6.45, 7) is 1.16. The lowest BCUT2D eigenvalue weighted by Gasteiger charge is -2.13. The molecule has 1 rings (SSSR count). The average Bonchev–Trinajstić information content (AvgIpc) is 2.69. The third-order valence-electron chi connectivity index (χ3n) is 2.74. The fraction of sp³-hybridized carbons (Fsp3) is 1.00. The molecule has 1 fully saturated rings. The molecule has 2 N–H and O–H groups in total. The summed E-state index contributed by atoms with van der Waals surface area (Å²) < 4.78 is 33.2. The summed E-state index contributed by atoms with van der Waals surface area (Å²) >= 11 is 0. The molecule has 0 atom stereocenters. The van der Waals surface area contributed by atoms with Gasteiger partial charge in [0.1, 0.15) is 0 Å². The molecule has 1 saturated carbocycles. The molecule has 0 unspecified atom stereocenters. The van der Waals surface area contributed by atoms with E-state index in [1.165, 1.54) is 0 Å². The van der Waals surface area contributed by atoms with Crippen LogP contribution >= 0.6 is 0 Å². The number of hydrogen-bond donors (Lipinski definition) is 2. The molecule has 96 valence electrons. The van der Waals surface area contributed by atoms with Crippen molar-refractivity contribution in [2.75, 3.05) is 20.3 Å². The maximum absolute atomic E-state index is 11.6. The van der Waals surface area contributed by atoms with Gasteiger partial charge in [-0.2, -0.15) is 13.1 Å². The first-order valence-corrected chi connectivity index (χ1v) is 7.38. The van der Waals surface area contributed by atoms with Gasteiger partial charge in [0.2, 0.25) is 0 Å². The van der Waals surface area contributed by atoms with Crippen molar-refractivity contribution in [1.29, 1.82) is 0 Å². The van der Waals surface area contributed by atoms with Crippen LogP contribution in [0, 0.1) is 0 Å². The highest BCUT2D eigenvalue weighted by molar-refractivity contribution is 7.87. The van der Waals surface area contributed by atoms with Crippen molar-refractivity contribution in [2.24, 2.45) is 0 Å². The van der Waals surface area contributed by atoms with Crippen molar-refractivity contribution in [3.8, 4) is 0 Å². The molecule has 0 heterocycles. The summed E-state index contributed by atoms with van der Waals surface area (Å²) in [4.78, 5) is 0. The summed E-state index contributed by atoms with van der Waals surface area (Å²) in [5.74, 6) is 0. The summed E-state index contributed by atoms with van der Waals surface area (Å²) in [6, 6.07) is 0.136. The van der Waals surface area contributed by atoms with Gasteiger partial charge in [0.15, 0.2) is 0 Å². The Hall–Kier alpha value is -0.170. The second-order valence-corrected chi connectivity index (χ2v) is 5.73. The molecule has 0 bridgehead atoms. The molecule has 16 heavy (non-hydrogen) atoms. The van der Waals surface area contributed by atoms with Gasteiger partial charge >= 0.3 is 0 Å². The van der Waals surface area contributed by atoms with Gasteiger partial charge in [0.25, 0.3) is 10.2 Å². The van der Waals surface area contributed by atoms with Crippen LogP contribution in [-0.2, 0) is 14.9 Å². The predicted octanol–water partition coefficient (Wildman–Crippen LogP) is 0.780. The quantitative estimate of drug-likeness (QED) is 0.626. The second-order valence-electron chi connectivity index (χ2n) is 4.20. The van der Waals surface area contributed by atoms with Crippen LogP contribution in [0.4, 0.5) is 0 Å². The molecule has 0 saturated heterocycles. The normalized spacial score (nSPS) is 18.1. The van der Waals surface area contributed by atoms with E-state index >= 15 is 0 Å². The van der Waals surface area contributed by atoms with E-state index in [0.717, 1.165) is 38.5 Å². The van der Waals surface area contributed by atoms with Crippen molar-refractivity contribution >= 4 is 10.2 Å². The topological polar surface area (TPSA) is 67.4 Å². The number of methoxy groups -OCH3 is 1. The molecular weight excluding hydrogens is 228 g/mol. The molecule has 0 amide bonds. The lowest BCUT2D eigenvalue weighted by Crippen LogP contribution is -2.41. The van der Waals surface area contributed by atoms with Gasteiger partial charge < -0.3 is 4.74 Å². The van der Waals surface area contributed by atoms with Gasteiger partial charge in [-0.3, -0.25) is 0 Å². The van der Waals surface area contributed by atoms with E-state index in [1.54, 1.807) is 7.11 Å². The Morgan fingerprint density at radius 2 is 1.94 bits per heavy atom. The highest BCUT2D eigenvalue weighted by Gasteiger charge is 2.20. The predicted molar refractivity (Wildman–Crippen MR) is 63.4 cm³/mol. The van der Waals surface area contributed by atoms with Crippen molar-refractivity contribution in [1.82, 2.24) is 9.44 Å². The maximum atomic E-state index is 11.6. The molecular formula is C10H22N2O3S. The monoisotopic (exact) mass is 250 g/mol. The zero-order valence-corrected chi connectivity index (χ0v) is 10.7. The maximum Gasteiger partial charge on any atom is 0.277 e. The van der Waals surface area contributed by atoms with Gasteiger partial charge in [-0.15, -0.1) is 0 Å². The number of nitrogens with one attached hydrogen (secondary N) is 2. The Morgan fingerprint density at radius 3 is 2.56 bits per heavy atom. The molecule has 0 aliphatic heterocycles. The largest absolute Gasteiger partial charge is 0.385 e. The smallest absolute Gasteiger partial charge is 0.277 e. The van der Waals surface area contributed by atoms with Crippen LogP contribution in [0.5, 0.6) is 0 Å². The lowest BCUT2D eigenvalue weighted by atomic mass is 10.3. The minimum absolute atomic E-state index is 0.136. The summed E-state index contributed by atoms with van der Waals surface area (Å²) in [7, 11) is -1.65. The van der Waals surface area contributed by atoms with Crippen LogP contribution in [0.1, 0.15) is 38.5 Å². The van der Waals surface area contributed by atoms with E-state index in [4.69, 9.17) is 4.74 Å². The summed E-state index contributed by atoms with van der Waals surface area (Å²) in [6.07, 6.45) is 5.86. The molecule has 1 aliphatic rings. The molecule has 6 heteroatoms. The number of unbranched alkanes of at least 4 members (excludes halogenated alkanes) is 1. The molecule has 0 aromatic carbocycles.